The van der Waals surface area contributed by atoms with E-state index in [-0.39, 0.29) is 52.8 Å². The molecule has 2 aromatic heterocycles. The average molecular weight is 651 g/mol. The molecule has 1 unspecified atom stereocenters. The van der Waals surface area contributed by atoms with E-state index in [4.69, 9.17) is 5.73 Å². The number of rotatable bonds is 9. The molecule has 2 aliphatic heterocycles. The number of pyridine rings is 1. The van der Waals surface area contributed by atoms with Gasteiger partial charge in [0.25, 0.3) is 17.2 Å². The summed E-state index contributed by atoms with van der Waals surface area (Å²) in [7, 11) is 0. The van der Waals surface area contributed by atoms with Gasteiger partial charge >= 0.3 is 12.3 Å². The van der Waals surface area contributed by atoms with E-state index in [1.165, 1.54) is 23.2 Å². The van der Waals surface area contributed by atoms with Crippen molar-refractivity contribution in [1.29, 1.82) is 0 Å². The van der Waals surface area contributed by atoms with Crippen LogP contribution in [-0.4, -0.2) is 84.6 Å². The van der Waals surface area contributed by atoms with Crippen molar-refractivity contribution < 1.29 is 50.1 Å². The molecule has 4 N–H and O–H groups in total. The Balaban J connectivity index is 1.42. The van der Waals surface area contributed by atoms with Crippen molar-refractivity contribution in [3.8, 4) is 5.75 Å². The second-order valence-corrected chi connectivity index (χ2v) is 11.7. The second kappa shape index (κ2) is 11.3. The molecule has 0 spiro atoms. The first-order valence-corrected chi connectivity index (χ1v) is 14.5. The predicted octanol–water partition coefficient (Wildman–Crippen LogP) is 3.26. The van der Waals surface area contributed by atoms with Crippen LogP contribution in [0.4, 0.5) is 37.9 Å². The zero-order chi connectivity index (χ0) is 31.3. The first-order valence-electron chi connectivity index (χ1n) is 12.6. The van der Waals surface area contributed by atoms with Gasteiger partial charge in [-0.2, -0.15) is 0 Å². The third-order valence-corrected chi connectivity index (χ3v) is 9.04. The van der Waals surface area contributed by atoms with Crippen LogP contribution in [-0.2, 0) is 27.3 Å². The Hall–Kier alpha value is -3.84. The van der Waals surface area contributed by atoms with Gasteiger partial charge in [0.1, 0.15) is 28.7 Å². The summed E-state index contributed by atoms with van der Waals surface area (Å²) in [6.07, 6.45) is -3.76. The first-order chi connectivity index (χ1) is 20.1. The molecule has 3 aromatic rings. The number of benzene rings is 1. The molecule has 0 radical (unpaired) electrons. The molecule has 2 aliphatic rings. The molecular weight excluding hydrogens is 627 g/mol. The lowest BCUT2D eigenvalue weighted by molar-refractivity contribution is -0.274. The molecule has 3 atom stereocenters. The van der Waals surface area contributed by atoms with Crippen molar-refractivity contribution in [2.45, 2.75) is 43.6 Å². The Kier molecular flexibility index (Phi) is 8.07. The Morgan fingerprint density at radius 3 is 2.67 bits per heavy atom. The lowest BCUT2D eigenvalue weighted by atomic mass is 10.00. The number of aliphatic carboxylic acids is 1. The first kappa shape index (κ1) is 30.6. The third kappa shape index (κ3) is 6.42. The number of halogens is 5. The van der Waals surface area contributed by atoms with Gasteiger partial charge in [-0.05, 0) is 35.6 Å². The molecule has 1 aromatic carbocycles. The summed E-state index contributed by atoms with van der Waals surface area (Å²) in [5.74, 6) is -6.13. The van der Waals surface area contributed by atoms with E-state index in [1.54, 1.807) is 0 Å². The Bertz CT molecular complexity index is 1590. The summed E-state index contributed by atoms with van der Waals surface area (Å²) in [6.45, 7) is -0.787. The number of carboxylic acids is 1. The van der Waals surface area contributed by atoms with Crippen LogP contribution in [0.3, 0.4) is 0 Å². The van der Waals surface area contributed by atoms with Crippen molar-refractivity contribution in [2.75, 3.05) is 34.6 Å². The number of anilines is 3. The van der Waals surface area contributed by atoms with Gasteiger partial charge < -0.3 is 25.4 Å². The maximum atomic E-state index is 13.7. The fraction of sp³-hybridized carbons (Fsp3) is 0.417. The van der Waals surface area contributed by atoms with Crippen molar-refractivity contribution in [3.63, 3.8) is 0 Å². The summed E-state index contributed by atoms with van der Waals surface area (Å²) in [4.78, 5) is 35.9. The molecule has 4 heterocycles. The zero-order valence-electron chi connectivity index (χ0n) is 21.8. The Morgan fingerprint density at radius 1 is 1.30 bits per heavy atom. The highest BCUT2D eigenvalue weighted by Gasteiger charge is 2.45. The van der Waals surface area contributed by atoms with Crippen molar-refractivity contribution in [2.24, 2.45) is 0 Å². The molecule has 5 rings (SSSR count). The fourth-order valence-electron chi connectivity index (χ4n) is 5.15. The summed E-state index contributed by atoms with van der Waals surface area (Å²) in [5, 5.41) is 10.7. The molecule has 1 amide bonds. The van der Waals surface area contributed by atoms with Crippen LogP contribution in [0, 0.1) is 0 Å². The smallest absolute Gasteiger partial charge is 0.480 e. The van der Waals surface area contributed by atoms with Crippen LogP contribution in [0.1, 0.15) is 18.4 Å². The van der Waals surface area contributed by atoms with Gasteiger partial charge in [0.05, 0.1) is 12.7 Å². The summed E-state index contributed by atoms with van der Waals surface area (Å²) >= 11 is -1.99. The number of alkyl halides is 5. The van der Waals surface area contributed by atoms with Crippen molar-refractivity contribution in [1.82, 2.24) is 14.9 Å². The number of hydrogen-bond acceptors (Lipinski definition) is 9. The highest BCUT2D eigenvalue weighted by Crippen LogP contribution is 2.39. The van der Waals surface area contributed by atoms with E-state index in [9.17, 15) is 45.4 Å². The van der Waals surface area contributed by atoms with Gasteiger partial charge in [0.2, 0.25) is 5.91 Å². The number of aromatic nitrogens is 2. The number of thiazole rings is 1. The monoisotopic (exact) mass is 650 g/mol. The number of ether oxygens (including phenoxy) is 1. The maximum Gasteiger partial charge on any atom is 0.573 e. The molecule has 0 aliphatic carbocycles. The zero-order valence-corrected chi connectivity index (χ0v) is 23.5. The number of nitrogens with two attached hydrogens (primary N) is 1. The van der Waals surface area contributed by atoms with Gasteiger partial charge in [-0.25, -0.2) is 32.1 Å². The number of nitrogen functional groups attached to an aromatic ring is 1. The van der Waals surface area contributed by atoms with Crippen LogP contribution < -0.4 is 19.7 Å². The molecule has 43 heavy (non-hydrogen) atoms. The molecule has 232 valence electrons. The van der Waals surface area contributed by atoms with E-state index < -0.39 is 66.2 Å². The topological polar surface area (TPSA) is 162 Å². The largest absolute Gasteiger partial charge is 0.573 e. The lowest BCUT2D eigenvalue weighted by Crippen LogP contribution is -2.48. The number of carbonyl (C=O) groups excluding carboxylic acids is 1. The molecule has 0 saturated carbocycles. The molecule has 19 heteroatoms. The van der Waals surface area contributed by atoms with Crippen LogP contribution in [0.25, 0.3) is 10.8 Å². The fourth-order valence-corrected chi connectivity index (χ4v) is 6.96. The minimum atomic E-state index is -5.13. The van der Waals surface area contributed by atoms with E-state index in [2.05, 4.69) is 14.7 Å². The average Bonchev–Trinajstić information content (AvgIpc) is 3.62. The number of nitrogens with zero attached hydrogens (tertiary/aromatic N) is 5. The highest BCUT2D eigenvalue weighted by molar-refractivity contribution is 7.81. The third-order valence-electron chi connectivity index (χ3n) is 7.08. The van der Waals surface area contributed by atoms with Gasteiger partial charge in [0, 0.05) is 37.5 Å². The number of carboxylic acid groups (broad SMARTS) is 1. The lowest BCUT2D eigenvalue weighted by Gasteiger charge is -2.28. The molecule has 12 nitrogen and oxygen atoms in total. The van der Waals surface area contributed by atoms with E-state index in [0.717, 1.165) is 32.8 Å². The number of amides is 1. The molecule has 2 fully saturated rings. The minimum absolute atomic E-state index is 0.0104. The van der Waals surface area contributed by atoms with E-state index in [0.29, 0.717) is 5.39 Å². The molecule has 2 saturated heterocycles. The van der Waals surface area contributed by atoms with Crippen molar-refractivity contribution in [3.05, 3.63) is 36.2 Å². The normalized spacial score (nSPS) is 20.0. The van der Waals surface area contributed by atoms with E-state index in [1.807, 2.05) is 0 Å². The van der Waals surface area contributed by atoms with Gasteiger partial charge in [-0.15, -0.1) is 13.2 Å². The molecule has 0 bridgehead atoms. The number of fused-ring (bicyclic) bond motifs is 1. The van der Waals surface area contributed by atoms with Crippen LogP contribution in [0.15, 0.2) is 30.6 Å². The SMILES string of the molecule is Nc1nccc2cc(C[C@H](C(=O)O)N3CC[C@H](N(c4cnc(N5CCC(F)(F)C5)s4)S(=O)O)C3=O)c(OC(F)(F)F)cc12. The quantitative estimate of drug-likeness (QED) is 0.232. The number of likely N-dealkylation sites (tertiary alicyclic amines) is 1. The number of carbonyl (C=O) groups is 2. The standard InChI is InChI=1S/C24H23F5N6O6S2/c25-23(26)3-6-33(11-23)22-32-10-18(42-22)35(43(39)40)15-2-5-34(20(15)36)16(21(37)38)8-13-7-12-1-4-31-19(30)14(12)9-17(13)41-24(27,28)29/h1,4,7,9-10,15-16H,2-3,5-6,8,11H2,(H2,30,31)(H,37,38)(H,39,40)/t15-,16+/m0/s1. The minimum Gasteiger partial charge on any atom is -0.480 e. The van der Waals surface area contributed by atoms with Gasteiger partial charge in [-0.1, -0.05) is 11.3 Å². The van der Waals surface area contributed by atoms with Gasteiger partial charge in [0.15, 0.2) is 5.13 Å². The van der Waals surface area contributed by atoms with E-state index >= 15 is 0 Å². The van der Waals surface area contributed by atoms with Gasteiger partial charge in [-0.3, -0.25) is 9.35 Å². The maximum absolute atomic E-state index is 13.7. The van der Waals surface area contributed by atoms with Crippen LogP contribution >= 0.6 is 11.3 Å². The second-order valence-electron chi connectivity index (χ2n) is 9.88. The number of hydrogen-bond donors (Lipinski definition) is 3. The van der Waals surface area contributed by atoms with Crippen molar-refractivity contribution >= 4 is 61.2 Å². The summed E-state index contributed by atoms with van der Waals surface area (Å²) in [5.41, 5.74) is 5.60. The predicted molar refractivity (Wildman–Crippen MR) is 145 cm³/mol. The summed E-state index contributed by atoms with van der Waals surface area (Å²) in [6, 6.07) is 0.692. The molecular formula is C24H23F5N6O6S2. The summed E-state index contributed by atoms with van der Waals surface area (Å²) < 4.78 is 94.5. The van der Waals surface area contributed by atoms with Crippen LogP contribution in [0.2, 0.25) is 0 Å². The Labute approximate surface area is 246 Å². The van der Waals surface area contributed by atoms with Crippen LogP contribution in [0.5, 0.6) is 5.75 Å². The highest BCUT2D eigenvalue weighted by atomic mass is 32.2. The Morgan fingerprint density at radius 2 is 2.05 bits per heavy atom.